The normalized spacial score (nSPS) is 20.8. The summed E-state index contributed by atoms with van der Waals surface area (Å²) >= 11 is 0. The first kappa shape index (κ1) is 21.9. The lowest BCUT2D eigenvalue weighted by molar-refractivity contribution is -0.137. The van der Waals surface area contributed by atoms with Gasteiger partial charge in [-0.15, -0.1) is 0 Å². The summed E-state index contributed by atoms with van der Waals surface area (Å²) in [5, 5.41) is 9.76. The molecule has 0 unspecified atom stereocenters. The van der Waals surface area contributed by atoms with Crippen LogP contribution in [0.15, 0.2) is 48.5 Å². The summed E-state index contributed by atoms with van der Waals surface area (Å²) in [7, 11) is 1.62. The zero-order valence-electron chi connectivity index (χ0n) is 19.1. The number of urea groups is 1. The minimum Gasteiger partial charge on any atom is -0.508 e. The van der Waals surface area contributed by atoms with Crippen LogP contribution in [0.4, 0.5) is 4.79 Å². The van der Waals surface area contributed by atoms with E-state index in [1.165, 1.54) is 11.1 Å². The number of carbonyl (C=O) groups is 2. The van der Waals surface area contributed by atoms with E-state index < -0.39 is 5.54 Å². The van der Waals surface area contributed by atoms with Crippen molar-refractivity contribution in [1.29, 1.82) is 0 Å². The summed E-state index contributed by atoms with van der Waals surface area (Å²) in [5.41, 5.74) is 2.71. The molecule has 0 saturated carbocycles. The van der Waals surface area contributed by atoms with Gasteiger partial charge in [0.15, 0.2) is 0 Å². The number of benzene rings is 2. The first-order valence-corrected chi connectivity index (χ1v) is 11.7. The van der Waals surface area contributed by atoms with Gasteiger partial charge in [0.1, 0.15) is 11.3 Å². The molecule has 1 N–H and O–H groups in total. The molecule has 1 spiro atoms. The number of carbonyl (C=O) groups excluding carboxylic acids is 2. The van der Waals surface area contributed by atoms with E-state index in [4.69, 9.17) is 4.74 Å². The molecule has 174 valence electrons. The fourth-order valence-electron chi connectivity index (χ4n) is 5.75. The van der Waals surface area contributed by atoms with Crippen LogP contribution in [0.2, 0.25) is 0 Å². The van der Waals surface area contributed by atoms with Gasteiger partial charge >= 0.3 is 6.03 Å². The summed E-state index contributed by atoms with van der Waals surface area (Å²) in [6, 6.07) is 15.2. The second-order valence-electron chi connectivity index (χ2n) is 9.41. The zero-order valence-corrected chi connectivity index (χ0v) is 19.1. The minimum atomic E-state index is -0.792. The monoisotopic (exact) mass is 449 g/mol. The number of ether oxygens (including phenoxy) is 1. The highest BCUT2D eigenvalue weighted by Crippen LogP contribution is 2.40. The topological polar surface area (TPSA) is 73.3 Å². The molecule has 2 saturated heterocycles. The third-order valence-corrected chi connectivity index (χ3v) is 7.48. The molecule has 0 radical (unpaired) electrons. The predicted molar refractivity (Wildman–Crippen MR) is 124 cm³/mol. The molecule has 2 fully saturated rings. The molecule has 7 nitrogen and oxygen atoms in total. The van der Waals surface area contributed by atoms with E-state index in [1.807, 2.05) is 24.3 Å². The molecule has 2 aromatic carbocycles. The SMILES string of the molecule is COCCN1C(=O)N(C2Cc3ccccc3C2)C(=O)C12CCN(Cc1cccc(O)c1)CC2. The lowest BCUT2D eigenvalue weighted by Crippen LogP contribution is -2.57. The number of amides is 3. The van der Waals surface area contributed by atoms with Crippen LogP contribution in [0.1, 0.15) is 29.5 Å². The van der Waals surface area contributed by atoms with Crippen LogP contribution in [0, 0.1) is 0 Å². The Morgan fingerprint density at radius 3 is 2.36 bits per heavy atom. The number of phenols is 1. The summed E-state index contributed by atoms with van der Waals surface area (Å²) < 4.78 is 5.29. The largest absolute Gasteiger partial charge is 0.508 e. The van der Waals surface area contributed by atoms with E-state index in [9.17, 15) is 14.7 Å². The van der Waals surface area contributed by atoms with Crippen molar-refractivity contribution in [2.45, 2.75) is 43.8 Å². The Hall–Kier alpha value is -2.90. The smallest absolute Gasteiger partial charge is 0.328 e. The molecule has 0 atom stereocenters. The molecule has 0 aromatic heterocycles. The Morgan fingerprint density at radius 1 is 1.03 bits per heavy atom. The summed E-state index contributed by atoms with van der Waals surface area (Å²) in [4.78, 5) is 33.1. The number of phenolic OH excluding ortho intramolecular Hbond substituents is 1. The zero-order chi connectivity index (χ0) is 23.0. The van der Waals surface area contributed by atoms with Crippen molar-refractivity contribution in [3.63, 3.8) is 0 Å². The van der Waals surface area contributed by atoms with E-state index >= 15 is 0 Å². The number of piperidine rings is 1. The van der Waals surface area contributed by atoms with Crippen LogP contribution in [0.25, 0.3) is 0 Å². The Balaban J connectivity index is 1.34. The number of hydrogen-bond acceptors (Lipinski definition) is 5. The van der Waals surface area contributed by atoms with E-state index in [0.717, 1.165) is 31.5 Å². The molecule has 0 bridgehead atoms. The van der Waals surface area contributed by atoms with Crippen LogP contribution in [-0.4, -0.2) is 76.7 Å². The maximum atomic E-state index is 13.9. The Labute approximate surface area is 194 Å². The fraction of sp³-hybridized carbons (Fsp3) is 0.462. The Morgan fingerprint density at radius 2 is 1.73 bits per heavy atom. The van der Waals surface area contributed by atoms with Crippen molar-refractivity contribution in [3.8, 4) is 5.75 Å². The molecule has 3 aliphatic rings. The summed E-state index contributed by atoms with van der Waals surface area (Å²) in [6.07, 6.45) is 2.67. The highest BCUT2D eigenvalue weighted by atomic mass is 16.5. The van der Waals surface area contributed by atoms with Crippen LogP contribution in [0.5, 0.6) is 5.75 Å². The number of aromatic hydroxyl groups is 1. The highest BCUT2D eigenvalue weighted by molar-refractivity contribution is 6.07. The van der Waals surface area contributed by atoms with Crippen molar-refractivity contribution < 1.29 is 19.4 Å². The molecule has 33 heavy (non-hydrogen) atoms. The van der Waals surface area contributed by atoms with Crippen molar-refractivity contribution in [1.82, 2.24) is 14.7 Å². The molecule has 5 rings (SSSR count). The van der Waals surface area contributed by atoms with Crippen LogP contribution in [-0.2, 0) is 28.9 Å². The van der Waals surface area contributed by atoms with Crippen molar-refractivity contribution in [2.75, 3.05) is 33.4 Å². The van der Waals surface area contributed by atoms with E-state index in [0.29, 0.717) is 32.5 Å². The predicted octanol–water partition coefficient (Wildman–Crippen LogP) is 2.80. The molecule has 2 aliphatic heterocycles. The summed E-state index contributed by atoms with van der Waals surface area (Å²) in [5.74, 6) is 0.218. The van der Waals surface area contributed by atoms with Gasteiger partial charge in [-0.1, -0.05) is 36.4 Å². The van der Waals surface area contributed by atoms with Crippen molar-refractivity contribution in [3.05, 3.63) is 65.2 Å². The van der Waals surface area contributed by atoms with E-state index in [1.54, 1.807) is 29.0 Å². The molecular formula is C26H31N3O4. The van der Waals surface area contributed by atoms with Gasteiger partial charge in [0, 0.05) is 39.3 Å². The number of likely N-dealkylation sites (tertiary alicyclic amines) is 1. The fourth-order valence-corrected chi connectivity index (χ4v) is 5.75. The Kier molecular flexibility index (Phi) is 5.85. The average molecular weight is 450 g/mol. The third-order valence-electron chi connectivity index (χ3n) is 7.48. The van der Waals surface area contributed by atoms with Crippen LogP contribution >= 0.6 is 0 Å². The quantitative estimate of drug-likeness (QED) is 0.687. The Bertz CT molecular complexity index is 1020. The minimum absolute atomic E-state index is 0.0431. The number of rotatable bonds is 6. The van der Waals surface area contributed by atoms with Gasteiger partial charge < -0.3 is 14.7 Å². The number of hydrogen-bond donors (Lipinski definition) is 1. The number of nitrogens with zero attached hydrogens (tertiary/aromatic N) is 3. The van der Waals surface area contributed by atoms with E-state index in [2.05, 4.69) is 17.0 Å². The second-order valence-corrected chi connectivity index (χ2v) is 9.41. The van der Waals surface area contributed by atoms with Crippen molar-refractivity contribution in [2.24, 2.45) is 0 Å². The molecule has 3 amide bonds. The molecule has 2 aromatic rings. The molecular weight excluding hydrogens is 418 g/mol. The van der Waals surface area contributed by atoms with Gasteiger partial charge in [-0.05, 0) is 54.5 Å². The van der Waals surface area contributed by atoms with Gasteiger partial charge in [-0.2, -0.15) is 0 Å². The summed E-state index contributed by atoms with van der Waals surface area (Å²) in [6.45, 7) is 2.98. The lowest BCUT2D eigenvalue weighted by atomic mass is 9.85. The third kappa shape index (κ3) is 3.89. The first-order valence-electron chi connectivity index (χ1n) is 11.7. The molecule has 1 aliphatic carbocycles. The number of imide groups is 1. The standard InChI is InChI=1S/C26H31N3O4/c1-33-14-13-28-25(32)29(22-16-20-6-2-3-7-21(20)17-22)24(31)26(28)9-11-27(12-10-26)18-19-5-4-8-23(30)15-19/h2-8,15,22,30H,9-14,16-18H2,1H3. The maximum absolute atomic E-state index is 13.9. The maximum Gasteiger partial charge on any atom is 0.328 e. The van der Waals surface area contributed by atoms with Crippen LogP contribution in [0.3, 0.4) is 0 Å². The average Bonchev–Trinajstić information content (AvgIpc) is 3.31. The molecule has 7 heteroatoms. The van der Waals surface area contributed by atoms with Gasteiger partial charge in [-0.25, -0.2) is 4.79 Å². The van der Waals surface area contributed by atoms with E-state index in [-0.39, 0.29) is 23.7 Å². The van der Waals surface area contributed by atoms with Gasteiger partial charge in [0.05, 0.1) is 6.61 Å². The number of methoxy groups -OCH3 is 1. The highest BCUT2D eigenvalue weighted by Gasteiger charge is 2.59. The second kappa shape index (κ2) is 8.80. The van der Waals surface area contributed by atoms with Gasteiger partial charge in [0.25, 0.3) is 5.91 Å². The van der Waals surface area contributed by atoms with Gasteiger partial charge in [-0.3, -0.25) is 14.6 Å². The van der Waals surface area contributed by atoms with Crippen LogP contribution < -0.4 is 0 Å². The van der Waals surface area contributed by atoms with Crippen molar-refractivity contribution >= 4 is 11.9 Å². The van der Waals surface area contributed by atoms with Gasteiger partial charge in [0.2, 0.25) is 0 Å². The first-order chi connectivity index (χ1) is 16.0. The number of fused-ring (bicyclic) bond motifs is 1. The lowest BCUT2D eigenvalue weighted by Gasteiger charge is -2.42. The molecule has 2 heterocycles.